The summed E-state index contributed by atoms with van der Waals surface area (Å²) in [6, 6.07) is 17.5. The third-order valence-corrected chi connectivity index (χ3v) is 4.43. The zero-order chi connectivity index (χ0) is 19.3. The molecule has 2 aromatic heterocycles. The number of rotatable bonds is 6. The molecule has 0 amide bonds. The monoisotopic (exact) mass is 371 g/mol. The lowest BCUT2D eigenvalue weighted by Crippen LogP contribution is -2.08. The molecule has 0 unspecified atom stereocenters. The van der Waals surface area contributed by atoms with E-state index in [-0.39, 0.29) is 0 Å². The Kier molecular flexibility index (Phi) is 5.01. The van der Waals surface area contributed by atoms with Crippen LogP contribution >= 0.6 is 0 Å². The zero-order valence-corrected chi connectivity index (χ0v) is 15.6. The van der Waals surface area contributed by atoms with Gasteiger partial charge >= 0.3 is 0 Å². The Morgan fingerprint density at radius 2 is 1.89 bits per heavy atom. The van der Waals surface area contributed by atoms with Gasteiger partial charge in [-0.2, -0.15) is 0 Å². The van der Waals surface area contributed by atoms with Gasteiger partial charge in [0, 0.05) is 23.3 Å². The van der Waals surface area contributed by atoms with Crippen molar-refractivity contribution in [2.45, 2.75) is 13.3 Å². The SMILES string of the molecule is Cc1ccc(Oc2ccccc2CCNc2ncnc3ccc(N)cc23)cn1. The van der Waals surface area contributed by atoms with Gasteiger partial charge in [0.1, 0.15) is 23.6 Å². The predicted octanol–water partition coefficient (Wildman–Crippen LogP) is 4.36. The van der Waals surface area contributed by atoms with E-state index in [9.17, 15) is 0 Å². The Morgan fingerprint density at radius 1 is 1.00 bits per heavy atom. The van der Waals surface area contributed by atoms with Gasteiger partial charge in [-0.3, -0.25) is 4.98 Å². The maximum Gasteiger partial charge on any atom is 0.145 e. The van der Waals surface area contributed by atoms with Gasteiger partial charge in [-0.25, -0.2) is 9.97 Å². The van der Waals surface area contributed by atoms with Gasteiger partial charge in [-0.15, -0.1) is 0 Å². The zero-order valence-electron chi connectivity index (χ0n) is 15.6. The molecule has 4 rings (SSSR count). The van der Waals surface area contributed by atoms with E-state index in [1.165, 1.54) is 0 Å². The van der Waals surface area contributed by atoms with Crippen molar-refractivity contribution in [1.29, 1.82) is 0 Å². The minimum Gasteiger partial charge on any atom is -0.455 e. The van der Waals surface area contributed by atoms with Gasteiger partial charge in [-0.1, -0.05) is 18.2 Å². The van der Waals surface area contributed by atoms with Gasteiger partial charge in [0.15, 0.2) is 0 Å². The number of nitrogen functional groups attached to an aromatic ring is 1. The van der Waals surface area contributed by atoms with Crippen LogP contribution in [0.5, 0.6) is 11.5 Å². The summed E-state index contributed by atoms with van der Waals surface area (Å²) in [7, 11) is 0. The van der Waals surface area contributed by atoms with Crippen molar-refractivity contribution < 1.29 is 4.74 Å². The van der Waals surface area contributed by atoms with Crippen LogP contribution < -0.4 is 15.8 Å². The summed E-state index contributed by atoms with van der Waals surface area (Å²) in [6.45, 7) is 2.65. The number of pyridine rings is 1. The molecule has 6 nitrogen and oxygen atoms in total. The number of fused-ring (bicyclic) bond motifs is 1. The highest BCUT2D eigenvalue weighted by atomic mass is 16.5. The standard InChI is InChI=1S/C22H21N5O/c1-15-6-8-18(13-25-15)28-21-5-3-2-4-16(21)10-11-24-22-19-12-17(23)7-9-20(19)26-14-27-22/h2-9,12-14H,10-11,23H2,1H3,(H,24,26,27). The lowest BCUT2D eigenvalue weighted by Gasteiger charge is -2.12. The summed E-state index contributed by atoms with van der Waals surface area (Å²) in [5.41, 5.74) is 9.53. The van der Waals surface area contributed by atoms with Crippen LogP contribution in [0.15, 0.2) is 67.1 Å². The van der Waals surface area contributed by atoms with Crippen molar-refractivity contribution in [3.8, 4) is 11.5 Å². The number of nitrogens with one attached hydrogen (secondary N) is 1. The van der Waals surface area contributed by atoms with Crippen molar-refractivity contribution in [2.75, 3.05) is 17.6 Å². The normalized spacial score (nSPS) is 10.8. The maximum atomic E-state index is 6.02. The number of anilines is 2. The highest BCUT2D eigenvalue weighted by Gasteiger charge is 2.07. The summed E-state index contributed by atoms with van der Waals surface area (Å²) in [5.74, 6) is 2.33. The number of aryl methyl sites for hydroxylation is 1. The molecule has 3 N–H and O–H groups in total. The molecule has 28 heavy (non-hydrogen) atoms. The minimum absolute atomic E-state index is 0.691. The number of hydrogen-bond acceptors (Lipinski definition) is 6. The van der Waals surface area contributed by atoms with Crippen molar-refractivity contribution in [2.24, 2.45) is 0 Å². The number of nitrogens with two attached hydrogens (primary N) is 1. The number of aromatic nitrogens is 3. The molecule has 0 bridgehead atoms. The fourth-order valence-electron chi connectivity index (χ4n) is 2.98. The van der Waals surface area contributed by atoms with E-state index in [0.29, 0.717) is 12.2 Å². The lowest BCUT2D eigenvalue weighted by atomic mass is 10.1. The topological polar surface area (TPSA) is 86.0 Å². The summed E-state index contributed by atoms with van der Waals surface area (Å²) in [6.07, 6.45) is 4.08. The highest BCUT2D eigenvalue weighted by molar-refractivity contribution is 5.91. The Balaban J connectivity index is 1.47. The molecular weight excluding hydrogens is 350 g/mol. The Bertz CT molecular complexity index is 1100. The van der Waals surface area contributed by atoms with E-state index in [2.05, 4.69) is 26.3 Å². The van der Waals surface area contributed by atoms with Crippen LogP contribution in [0.1, 0.15) is 11.3 Å². The minimum atomic E-state index is 0.691. The first-order valence-electron chi connectivity index (χ1n) is 9.11. The number of benzene rings is 2. The Hall–Kier alpha value is -3.67. The molecule has 4 aromatic rings. The second kappa shape index (κ2) is 7.92. The van der Waals surface area contributed by atoms with Gasteiger partial charge < -0.3 is 15.8 Å². The van der Waals surface area contributed by atoms with Crippen LogP contribution in [0.3, 0.4) is 0 Å². The van der Waals surface area contributed by atoms with Crippen molar-refractivity contribution in [3.05, 3.63) is 78.4 Å². The van der Waals surface area contributed by atoms with Gasteiger partial charge in [0.25, 0.3) is 0 Å². The van der Waals surface area contributed by atoms with Crippen molar-refractivity contribution in [1.82, 2.24) is 15.0 Å². The largest absolute Gasteiger partial charge is 0.455 e. The molecule has 0 radical (unpaired) electrons. The number of hydrogen-bond donors (Lipinski definition) is 2. The number of ether oxygens (including phenoxy) is 1. The molecule has 6 heteroatoms. The molecule has 140 valence electrons. The third-order valence-electron chi connectivity index (χ3n) is 4.43. The Labute approximate surface area is 163 Å². The molecule has 0 saturated heterocycles. The van der Waals surface area contributed by atoms with Crippen LogP contribution in [-0.2, 0) is 6.42 Å². The smallest absolute Gasteiger partial charge is 0.145 e. The average molecular weight is 371 g/mol. The van der Waals surface area contributed by atoms with Crippen molar-refractivity contribution >= 4 is 22.4 Å². The van der Waals surface area contributed by atoms with E-state index in [1.54, 1.807) is 12.5 Å². The van der Waals surface area contributed by atoms with Crippen LogP contribution in [-0.4, -0.2) is 21.5 Å². The van der Waals surface area contributed by atoms with Crippen LogP contribution in [0.4, 0.5) is 11.5 Å². The first kappa shape index (κ1) is 17.7. The van der Waals surface area contributed by atoms with Crippen molar-refractivity contribution in [3.63, 3.8) is 0 Å². The molecule has 0 saturated carbocycles. The quantitative estimate of drug-likeness (QED) is 0.490. The number of para-hydroxylation sites is 1. The van der Waals surface area contributed by atoms with E-state index in [0.717, 1.165) is 45.9 Å². The maximum absolute atomic E-state index is 6.02. The van der Waals surface area contributed by atoms with Crippen LogP contribution in [0.2, 0.25) is 0 Å². The van der Waals surface area contributed by atoms with E-state index in [1.807, 2.05) is 55.5 Å². The van der Waals surface area contributed by atoms with Crippen LogP contribution in [0.25, 0.3) is 10.9 Å². The van der Waals surface area contributed by atoms with E-state index < -0.39 is 0 Å². The molecule has 0 spiro atoms. The molecule has 0 aliphatic heterocycles. The Morgan fingerprint density at radius 3 is 2.75 bits per heavy atom. The second-order valence-electron chi connectivity index (χ2n) is 6.52. The average Bonchev–Trinajstić information content (AvgIpc) is 2.71. The summed E-state index contributed by atoms with van der Waals surface area (Å²) < 4.78 is 6.02. The van der Waals surface area contributed by atoms with E-state index in [4.69, 9.17) is 10.5 Å². The first-order valence-corrected chi connectivity index (χ1v) is 9.11. The molecule has 0 fully saturated rings. The first-order chi connectivity index (χ1) is 13.7. The van der Waals surface area contributed by atoms with Crippen LogP contribution in [0, 0.1) is 6.92 Å². The number of nitrogens with zero attached hydrogens (tertiary/aromatic N) is 3. The summed E-state index contributed by atoms with van der Waals surface area (Å²) >= 11 is 0. The predicted molar refractivity (Wildman–Crippen MR) is 112 cm³/mol. The lowest BCUT2D eigenvalue weighted by molar-refractivity contribution is 0.474. The van der Waals surface area contributed by atoms with Gasteiger partial charge in [0.05, 0.1) is 11.7 Å². The fourth-order valence-corrected chi connectivity index (χ4v) is 2.98. The fraction of sp³-hybridized carbons (Fsp3) is 0.136. The molecule has 0 aliphatic rings. The van der Waals surface area contributed by atoms with Gasteiger partial charge in [0.2, 0.25) is 0 Å². The molecule has 2 heterocycles. The molecule has 0 aliphatic carbocycles. The summed E-state index contributed by atoms with van der Waals surface area (Å²) in [5, 5.41) is 4.30. The summed E-state index contributed by atoms with van der Waals surface area (Å²) in [4.78, 5) is 12.9. The highest BCUT2D eigenvalue weighted by Crippen LogP contribution is 2.26. The molecular formula is C22H21N5O. The van der Waals surface area contributed by atoms with Gasteiger partial charge in [-0.05, 0) is 55.3 Å². The molecule has 0 atom stereocenters. The molecule has 2 aromatic carbocycles. The third kappa shape index (κ3) is 4.01. The second-order valence-corrected chi connectivity index (χ2v) is 6.52. The van der Waals surface area contributed by atoms with E-state index >= 15 is 0 Å².